The topological polar surface area (TPSA) is 59.2 Å². The van der Waals surface area contributed by atoms with E-state index < -0.39 is 6.04 Å². The van der Waals surface area contributed by atoms with E-state index in [4.69, 9.17) is 5.73 Å². The number of aromatic nitrogens is 1. The Balaban J connectivity index is 2.54. The fourth-order valence-electron chi connectivity index (χ4n) is 1.18. The number of hydrogen-bond donors (Lipinski definition) is 1. The third kappa shape index (κ3) is 3.28. The van der Waals surface area contributed by atoms with Crippen LogP contribution in [-0.4, -0.2) is 28.9 Å². The molecule has 0 aromatic carbocycles. The van der Waals surface area contributed by atoms with Crippen molar-refractivity contribution in [3.63, 3.8) is 0 Å². The van der Waals surface area contributed by atoms with E-state index in [-0.39, 0.29) is 11.8 Å². The second-order valence-corrected chi connectivity index (χ2v) is 4.66. The van der Waals surface area contributed by atoms with Crippen LogP contribution in [-0.2, 0) is 11.3 Å². The Morgan fingerprint density at radius 3 is 2.80 bits per heavy atom. The standard InChI is InChI=1S/C10H17N3OS/c1-7(2)9(11)10(14)13(3)4-8-5-15-6-12-8/h5-7,9H,4,11H2,1-3H3. The molecule has 0 fully saturated rings. The maximum atomic E-state index is 11.8. The minimum Gasteiger partial charge on any atom is -0.338 e. The van der Waals surface area contributed by atoms with Crippen molar-refractivity contribution in [2.75, 3.05) is 7.05 Å². The highest BCUT2D eigenvalue weighted by Gasteiger charge is 2.21. The zero-order chi connectivity index (χ0) is 11.4. The molecular formula is C10H17N3OS. The zero-order valence-corrected chi connectivity index (χ0v) is 10.1. The van der Waals surface area contributed by atoms with Crippen LogP contribution in [0.3, 0.4) is 0 Å². The molecule has 84 valence electrons. The van der Waals surface area contributed by atoms with Gasteiger partial charge in [-0.1, -0.05) is 13.8 Å². The van der Waals surface area contributed by atoms with E-state index in [1.54, 1.807) is 17.5 Å². The van der Waals surface area contributed by atoms with E-state index in [0.29, 0.717) is 6.54 Å². The number of hydrogen-bond acceptors (Lipinski definition) is 4. The van der Waals surface area contributed by atoms with Crippen LogP contribution in [0.2, 0.25) is 0 Å². The summed E-state index contributed by atoms with van der Waals surface area (Å²) in [5, 5.41) is 1.94. The molecule has 1 amide bonds. The molecule has 1 unspecified atom stereocenters. The van der Waals surface area contributed by atoms with Gasteiger partial charge < -0.3 is 10.6 Å². The van der Waals surface area contributed by atoms with Gasteiger partial charge in [-0.15, -0.1) is 11.3 Å². The van der Waals surface area contributed by atoms with Crippen LogP contribution in [0.15, 0.2) is 10.9 Å². The van der Waals surface area contributed by atoms with Gasteiger partial charge in [-0.05, 0) is 5.92 Å². The van der Waals surface area contributed by atoms with Crippen molar-refractivity contribution >= 4 is 17.2 Å². The Morgan fingerprint density at radius 2 is 2.33 bits per heavy atom. The highest BCUT2D eigenvalue weighted by molar-refractivity contribution is 7.07. The molecule has 0 bridgehead atoms. The smallest absolute Gasteiger partial charge is 0.239 e. The van der Waals surface area contributed by atoms with Crippen LogP contribution in [0.4, 0.5) is 0 Å². The highest BCUT2D eigenvalue weighted by atomic mass is 32.1. The lowest BCUT2D eigenvalue weighted by Crippen LogP contribution is -2.44. The first-order valence-electron chi connectivity index (χ1n) is 4.90. The van der Waals surface area contributed by atoms with Gasteiger partial charge in [-0.3, -0.25) is 4.79 Å². The van der Waals surface area contributed by atoms with Crippen molar-refractivity contribution in [1.82, 2.24) is 9.88 Å². The summed E-state index contributed by atoms with van der Waals surface area (Å²) in [6, 6.07) is -0.423. The van der Waals surface area contributed by atoms with E-state index in [1.807, 2.05) is 19.2 Å². The van der Waals surface area contributed by atoms with E-state index in [2.05, 4.69) is 4.98 Å². The molecule has 1 heterocycles. The fourth-order valence-corrected chi connectivity index (χ4v) is 1.73. The summed E-state index contributed by atoms with van der Waals surface area (Å²) >= 11 is 1.53. The molecule has 0 aliphatic rings. The summed E-state index contributed by atoms with van der Waals surface area (Å²) in [6.07, 6.45) is 0. The normalized spacial score (nSPS) is 12.9. The molecule has 15 heavy (non-hydrogen) atoms. The lowest BCUT2D eigenvalue weighted by molar-refractivity contribution is -0.132. The summed E-state index contributed by atoms with van der Waals surface area (Å²) in [5.74, 6) is 0.133. The predicted octanol–water partition coefficient (Wildman–Crippen LogP) is 1.08. The van der Waals surface area contributed by atoms with Gasteiger partial charge in [-0.25, -0.2) is 4.98 Å². The molecule has 4 nitrogen and oxygen atoms in total. The molecule has 0 spiro atoms. The van der Waals surface area contributed by atoms with E-state index >= 15 is 0 Å². The van der Waals surface area contributed by atoms with Crippen molar-refractivity contribution in [3.8, 4) is 0 Å². The number of nitrogens with zero attached hydrogens (tertiary/aromatic N) is 2. The Labute approximate surface area is 94.1 Å². The second-order valence-electron chi connectivity index (χ2n) is 3.94. The Bertz CT molecular complexity index is 310. The Morgan fingerprint density at radius 1 is 1.67 bits per heavy atom. The van der Waals surface area contributed by atoms with Crippen LogP contribution >= 0.6 is 11.3 Å². The SMILES string of the molecule is CC(C)C(N)C(=O)N(C)Cc1cscn1. The van der Waals surface area contributed by atoms with Crippen molar-refractivity contribution in [1.29, 1.82) is 0 Å². The molecular weight excluding hydrogens is 210 g/mol. The predicted molar refractivity (Wildman–Crippen MR) is 61.4 cm³/mol. The van der Waals surface area contributed by atoms with Gasteiger partial charge in [-0.2, -0.15) is 0 Å². The number of thiazole rings is 1. The molecule has 1 atom stereocenters. The van der Waals surface area contributed by atoms with Crippen LogP contribution < -0.4 is 5.73 Å². The maximum absolute atomic E-state index is 11.8. The number of carbonyl (C=O) groups is 1. The van der Waals surface area contributed by atoms with Gasteiger partial charge in [0.2, 0.25) is 5.91 Å². The first-order valence-corrected chi connectivity index (χ1v) is 5.84. The lowest BCUT2D eigenvalue weighted by atomic mass is 10.0. The molecule has 0 saturated heterocycles. The van der Waals surface area contributed by atoms with Crippen molar-refractivity contribution < 1.29 is 4.79 Å². The first-order chi connectivity index (χ1) is 7.02. The van der Waals surface area contributed by atoms with Crippen LogP contribution in [0, 0.1) is 5.92 Å². The van der Waals surface area contributed by atoms with Gasteiger partial charge >= 0.3 is 0 Å². The van der Waals surface area contributed by atoms with E-state index in [0.717, 1.165) is 5.69 Å². The molecule has 1 aromatic heterocycles. The Kier molecular flexibility index (Phi) is 4.23. The van der Waals surface area contributed by atoms with Crippen LogP contribution in [0.25, 0.3) is 0 Å². The first kappa shape index (κ1) is 12.1. The molecule has 1 aromatic rings. The van der Waals surface area contributed by atoms with Gasteiger partial charge in [0.25, 0.3) is 0 Å². The minimum absolute atomic E-state index is 0.0296. The maximum Gasteiger partial charge on any atom is 0.239 e. The monoisotopic (exact) mass is 227 g/mol. The zero-order valence-electron chi connectivity index (χ0n) is 9.30. The summed E-state index contributed by atoms with van der Waals surface area (Å²) in [6.45, 7) is 4.42. The number of amides is 1. The summed E-state index contributed by atoms with van der Waals surface area (Å²) < 4.78 is 0. The van der Waals surface area contributed by atoms with Gasteiger partial charge in [0.15, 0.2) is 0 Å². The molecule has 2 N–H and O–H groups in total. The Hall–Kier alpha value is -0.940. The average molecular weight is 227 g/mol. The highest BCUT2D eigenvalue weighted by Crippen LogP contribution is 2.07. The summed E-state index contributed by atoms with van der Waals surface area (Å²) in [7, 11) is 1.75. The summed E-state index contributed by atoms with van der Waals surface area (Å²) in [4.78, 5) is 17.5. The van der Waals surface area contributed by atoms with Crippen molar-refractivity contribution in [2.45, 2.75) is 26.4 Å². The van der Waals surface area contributed by atoms with Crippen LogP contribution in [0.1, 0.15) is 19.5 Å². The molecule has 1 rings (SSSR count). The number of likely N-dealkylation sites (N-methyl/N-ethyl adjacent to an activating group) is 1. The molecule has 0 saturated carbocycles. The average Bonchev–Trinajstić information content (AvgIpc) is 2.67. The van der Waals surface area contributed by atoms with Crippen LogP contribution in [0.5, 0.6) is 0 Å². The largest absolute Gasteiger partial charge is 0.338 e. The van der Waals surface area contributed by atoms with Gasteiger partial charge in [0.05, 0.1) is 23.8 Å². The number of nitrogens with two attached hydrogens (primary N) is 1. The van der Waals surface area contributed by atoms with Crippen molar-refractivity contribution in [2.24, 2.45) is 11.7 Å². The molecule has 0 aliphatic carbocycles. The molecule has 5 heteroatoms. The number of rotatable bonds is 4. The summed E-state index contributed by atoms with van der Waals surface area (Å²) in [5.41, 5.74) is 8.45. The quantitative estimate of drug-likeness (QED) is 0.837. The third-order valence-corrected chi connectivity index (χ3v) is 2.90. The third-order valence-electron chi connectivity index (χ3n) is 2.26. The minimum atomic E-state index is -0.423. The van der Waals surface area contributed by atoms with Gasteiger partial charge in [0.1, 0.15) is 0 Å². The fraction of sp³-hybridized carbons (Fsp3) is 0.600. The van der Waals surface area contributed by atoms with E-state index in [9.17, 15) is 4.79 Å². The van der Waals surface area contributed by atoms with Gasteiger partial charge in [0, 0.05) is 12.4 Å². The second kappa shape index (κ2) is 5.23. The van der Waals surface area contributed by atoms with Crippen molar-refractivity contribution in [3.05, 3.63) is 16.6 Å². The number of carbonyl (C=O) groups excluding carboxylic acids is 1. The lowest BCUT2D eigenvalue weighted by Gasteiger charge is -2.22. The molecule has 0 radical (unpaired) electrons. The molecule has 0 aliphatic heterocycles. The van der Waals surface area contributed by atoms with E-state index in [1.165, 1.54) is 11.3 Å².